The summed E-state index contributed by atoms with van der Waals surface area (Å²) < 4.78 is 24.9. The minimum Gasteiger partial charge on any atom is -0.487 e. The van der Waals surface area contributed by atoms with Gasteiger partial charge >= 0.3 is 5.69 Å². The fraction of sp³-hybridized carbons (Fsp3) is 0.440. The molecule has 0 atom stereocenters. The third kappa shape index (κ3) is 4.65. The molecular weight excluding hydrogens is 453 g/mol. The van der Waals surface area contributed by atoms with Crippen LogP contribution in [0.3, 0.4) is 0 Å². The van der Waals surface area contributed by atoms with E-state index in [1.165, 1.54) is 15.2 Å². The van der Waals surface area contributed by atoms with Crippen LogP contribution in [0, 0.1) is 5.82 Å². The molecule has 1 aliphatic heterocycles. The van der Waals surface area contributed by atoms with Crippen molar-refractivity contribution in [3.05, 3.63) is 56.2 Å². The number of rotatable bonds is 6. The number of imidazole rings is 1. The summed E-state index contributed by atoms with van der Waals surface area (Å²) in [6.07, 6.45) is 4.58. The van der Waals surface area contributed by atoms with Gasteiger partial charge in [-0.05, 0) is 37.6 Å². The molecule has 1 fully saturated rings. The highest BCUT2D eigenvalue weighted by atomic mass is 19.1. The van der Waals surface area contributed by atoms with E-state index in [2.05, 4.69) is 4.98 Å². The second-order valence-electron chi connectivity index (χ2n) is 8.62. The number of nitrogens with zero attached hydrogens (tertiary/aromatic N) is 5. The smallest absolute Gasteiger partial charge is 0.332 e. The quantitative estimate of drug-likeness (QED) is 0.538. The number of benzene rings is 1. The van der Waals surface area contributed by atoms with E-state index in [4.69, 9.17) is 4.74 Å². The van der Waals surface area contributed by atoms with Crippen LogP contribution >= 0.6 is 0 Å². The van der Waals surface area contributed by atoms with Gasteiger partial charge in [-0.3, -0.25) is 18.7 Å². The van der Waals surface area contributed by atoms with Gasteiger partial charge in [-0.2, -0.15) is 0 Å². The van der Waals surface area contributed by atoms with Crippen LogP contribution in [-0.2, 0) is 24.9 Å². The zero-order valence-electron chi connectivity index (χ0n) is 20.5. The second kappa shape index (κ2) is 9.89. The first kappa shape index (κ1) is 24.4. The van der Waals surface area contributed by atoms with E-state index in [0.717, 1.165) is 0 Å². The van der Waals surface area contributed by atoms with Crippen LogP contribution in [0.4, 0.5) is 4.39 Å². The Morgan fingerprint density at radius 1 is 1.14 bits per heavy atom. The first-order chi connectivity index (χ1) is 16.7. The zero-order valence-corrected chi connectivity index (χ0v) is 20.5. The van der Waals surface area contributed by atoms with Crippen molar-refractivity contribution in [2.24, 2.45) is 7.05 Å². The van der Waals surface area contributed by atoms with Crippen LogP contribution in [0.25, 0.3) is 23.3 Å². The summed E-state index contributed by atoms with van der Waals surface area (Å²) in [7, 11) is 1.72. The fourth-order valence-electron chi connectivity index (χ4n) is 4.45. The summed E-state index contributed by atoms with van der Waals surface area (Å²) >= 11 is 0. The minimum atomic E-state index is -0.475. The largest absolute Gasteiger partial charge is 0.487 e. The number of likely N-dealkylation sites (tertiary alicyclic amines) is 1. The van der Waals surface area contributed by atoms with Gasteiger partial charge in [0, 0.05) is 53.0 Å². The van der Waals surface area contributed by atoms with Crippen molar-refractivity contribution in [3.8, 4) is 5.75 Å². The van der Waals surface area contributed by atoms with Crippen LogP contribution in [0.2, 0.25) is 0 Å². The molecule has 0 N–H and O–H groups in total. The molecule has 1 amide bonds. The number of halogens is 1. The number of fused-ring (bicyclic) bond motifs is 1. The molecule has 10 heteroatoms. The van der Waals surface area contributed by atoms with Gasteiger partial charge in [0.2, 0.25) is 5.91 Å². The monoisotopic (exact) mass is 483 g/mol. The maximum Gasteiger partial charge on any atom is 0.332 e. The predicted molar refractivity (Wildman–Crippen MR) is 132 cm³/mol. The summed E-state index contributed by atoms with van der Waals surface area (Å²) in [6.45, 7) is 7.00. The number of piperidine rings is 1. The van der Waals surface area contributed by atoms with Gasteiger partial charge in [0.15, 0.2) is 22.7 Å². The number of carbonyl (C=O) groups excluding carboxylic acids is 1. The van der Waals surface area contributed by atoms with Crippen molar-refractivity contribution in [2.75, 3.05) is 13.1 Å². The lowest BCUT2D eigenvalue weighted by atomic mass is 10.1. The summed E-state index contributed by atoms with van der Waals surface area (Å²) in [5.41, 5.74) is 0.519. The standard InChI is InChI=1S/C25H30FN5O4/c1-5-30-23-22(24(33)31(6-2)25(30)34)28(4)21(27-23)10-8-17-7-9-20(19(26)15-17)35-18-11-13-29(14-12-18)16(3)32/h7-10,15,18H,5-6,11-14H2,1-4H3/b10-8+. The second-order valence-corrected chi connectivity index (χ2v) is 8.62. The van der Waals surface area contributed by atoms with Crippen molar-refractivity contribution >= 4 is 29.2 Å². The van der Waals surface area contributed by atoms with Crippen LogP contribution < -0.4 is 16.0 Å². The van der Waals surface area contributed by atoms with Crippen LogP contribution in [0.1, 0.15) is 45.0 Å². The van der Waals surface area contributed by atoms with Gasteiger partial charge < -0.3 is 14.2 Å². The SMILES string of the molecule is CCn1c(=O)c2c(nc(/C=C/c3ccc(OC4CCN(C(C)=O)CC4)c(F)c3)n2C)n(CC)c1=O. The number of amides is 1. The Hall–Kier alpha value is -3.69. The zero-order chi connectivity index (χ0) is 25.3. The Bertz CT molecular complexity index is 1410. The molecule has 0 spiro atoms. The molecule has 0 aliphatic carbocycles. The Kier molecular flexibility index (Phi) is 6.90. The maximum absolute atomic E-state index is 14.7. The number of hydrogen-bond donors (Lipinski definition) is 0. The van der Waals surface area contributed by atoms with E-state index in [0.29, 0.717) is 55.0 Å². The van der Waals surface area contributed by atoms with Crippen molar-refractivity contribution in [3.63, 3.8) is 0 Å². The topological polar surface area (TPSA) is 91.4 Å². The molecule has 0 saturated carbocycles. The lowest BCUT2D eigenvalue weighted by Gasteiger charge is -2.31. The predicted octanol–water partition coefficient (Wildman–Crippen LogP) is 2.64. The highest BCUT2D eigenvalue weighted by Crippen LogP contribution is 2.24. The van der Waals surface area contributed by atoms with E-state index >= 15 is 0 Å². The first-order valence-corrected chi connectivity index (χ1v) is 11.8. The number of aryl methyl sites for hydroxylation is 2. The minimum absolute atomic E-state index is 0.0420. The molecule has 0 radical (unpaired) electrons. The number of hydrogen-bond acceptors (Lipinski definition) is 5. The van der Waals surface area contributed by atoms with Crippen LogP contribution in [0.15, 0.2) is 27.8 Å². The maximum atomic E-state index is 14.7. The van der Waals surface area contributed by atoms with E-state index in [1.54, 1.807) is 54.6 Å². The molecule has 3 heterocycles. The lowest BCUT2D eigenvalue weighted by Crippen LogP contribution is -2.40. The van der Waals surface area contributed by atoms with E-state index < -0.39 is 5.82 Å². The molecule has 186 valence electrons. The molecule has 4 rings (SSSR count). The van der Waals surface area contributed by atoms with Crippen molar-refractivity contribution in [1.29, 1.82) is 0 Å². The molecule has 3 aromatic rings. The third-order valence-corrected chi connectivity index (χ3v) is 6.47. The number of carbonyl (C=O) groups is 1. The molecule has 0 bridgehead atoms. The van der Waals surface area contributed by atoms with Crippen molar-refractivity contribution in [2.45, 2.75) is 52.8 Å². The molecule has 9 nitrogen and oxygen atoms in total. The first-order valence-electron chi connectivity index (χ1n) is 11.8. The number of ether oxygens (including phenoxy) is 1. The third-order valence-electron chi connectivity index (χ3n) is 6.47. The van der Waals surface area contributed by atoms with Crippen LogP contribution in [0.5, 0.6) is 5.75 Å². The average molecular weight is 484 g/mol. The Morgan fingerprint density at radius 3 is 2.43 bits per heavy atom. The van der Waals surface area contributed by atoms with Gasteiger partial charge in [-0.15, -0.1) is 0 Å². The normalized spacial score (nSPS) is 14.8. The van der Waals surface area contributed by atoms with E-state index in [1.807, 2.05) is 6.92 Å². The van der Waals surface area contributed by atoms with Gasteiger partial charge in [-0.25, -0.2) is 14.2 Å². The van der Waals surface area contributed by atoms with Gasteiger partial charge in [0.05, 0.1) is 0 Å². The average Bonchev–Trinajstić information content (AvgIpc) is 3.16. The van der Waals surface area contributed by atoms with Crippen molar-refractivity contribution < 1.29 is 13.9 Å². The molecule has 1 saturated heterocycles. The van der Waals surface area contributed by atoms with Crippen molar-refractivity contribution in [1.82, 2.24) is 23.6 Å². The molecule has 1 aliphatic rings. The molecular formula is C25H30FN5O4. The van der Waals surface area contributed by atoms with E-state index in [-0.39, 0.29) is 35.6 Å². The van der Waals surface area contributed by atoms with Gasteiger partial charge in [-0.1, -0.05) is 12.1 Å². The lowest BCUT2D eigenvalue weighted by molar-refractivity contribution is -0.130. The fourth-order valence-corrected chi connectivity index (χ4v) is 4.45. The summed E-state index contributed by atoms with van der Waals surface area (Å²) in [5, 5.41) is 0. The molecule has 2 aromatic heterocycles. The molecule has 0 unspecified atom stereocenters. The highest BCUT2D eigenvalue weighted by Gasteiger charge is 2.23. The molecule has 1 aromatic carbocycles. The summed E-state index contributed by atoms with van der Waals surface area (Å²) in [4.78, 5) is 43.2. The Labute approximate surface area is 202 Å². The molecule has 35 heavy (non-hydrogen) atoms. The Morgan fingerprint density at radius 2 is 1.83 bits per heavy atom. The van der Waals surface area contributed by atoms with Gasteiger partial charge in [0.1, 0.15) is 11.9 Å². The van der Waals surface area contributed by atoms with Gasteiger partial charge in [0.25, 0.3) is 5.56 Å². The summed E-state index contributed by atoms with van der Waals surface area (Å²) in [6, 6.07) is 4.72. The van der Waals surface area contributed by atoms with E-state index in [9.17, 15) is 18.8 Å². The summed E-state index contributed by atoms with van der Waals surface area (Å²) in [5.74, 6) is 0.223. The highest BCUT2D eigenvalue weighted by molar-refractivity contribution is 5.76. The number of aromatic nitrogens is 4. The van der Waals surface area contributed by atoms with Crippen LogP contribution in [-0.4, -0.2) is 48.7 Å². The Balaban J connectivity index is 1.56.